The number of fused-ring (bicyclic) bond motifs is 1. The van der Waals surface area contributed by atoms with Crippen LogP contribution in [0.4, 0.5) is 0 Å². The van der Waals surface area contributed by atoms with Crippen LogP contribution < -0.4 is 9.47 Å². The van der Waals surface area contributed by atoms with Crippen LogP contribution in [-0.2, 0) is 0 Å². The Kier molecular flexibility index (Phi) is 2.72. The average Bonchev–Trinajstić information content (AvgIpc) is 2.26. The van der Waals surface area contributed by atoms with E-state index in [9.17, 15) is 4.79 Å². The number of carbonyl (C=O) groups excluding carboxylic acids is 1. The summed E-state index contributed by atoms with van der Waals surface area (Å²) in [5.74, 6) is 1.45. The number of benzene rings is 1. The van der Waals surface area contributed by atoms with Crippen LogP contribution in [0.5, 0.6) is 11.5 Å². The van der Waals surface area contributed by atoms with Crippen molar-refractivity contribution in [2.45, 2.75) is 6.42 Å². The maximum Gasteiger partial charge on any atom is 0.169 e. The Hall–Kier alpha value is -1.77. The van der Waals surface area contributed by atoms with Crippen molar-refractivity contribution < 1.29 is 14.3 Å². The van der Waals surface area contributed by atoms with Crippen LogP contribution in [0.15, 0.2) is 30.9 Å². The van der Waals surface area contributed by atoms with E-state index in [2.05, 4.69) is 6.58 Å². The van der Waals surface area contributed by atoms with Gasteiger partial charge in [-0.05, 0) is 12.1 Å². The Labute approximate surface area is 88.3 Å². The maximum absolute atomic E-state index is 11.5. The Balaban J connectivity index is 2.25. The van der Waals surface area contributed by atoms with Gasteiger partial charge < -0.3 is 9.47 Å². The number of ether oxygens (including phenoxy) is 2. The molecule has 1 aliphatic rings. The first-order valence-corrected chi connectivity index (χ1v) is 4.85. The Morgan fingerprint density at radius 2 is 2.40 bits per heavy atom. The normalized spacial score (nSPS) is 14.0. The second kappa shape index (κ2) is 4.17. The Bertz CT molecular complexity index is 396. The fraction of sp³-hybridized carbons (Fsp3) is 0.250. The van der Waals surface area contributed by atoms with Gasteiger partial charge in [-0.25, -0.2) is 0 Å². The first-order valence-electron chi connectivity index (χ1n) is 4.85. The summed E-state index contributed by atoms with van der Waals surface area (Å²) < 4.78 is 10.7. The molecule has 15 heavy (non-hydrogen) atoms. The monoisotopic (exact) mass is 204 g/mol. The second-order valence-electron chi connectivity index (χ2n) is 3.28. The molecular formula is C12H12O3. The van der Waals surface area contributed by atoms with E-state index in [4.69, 9.17) is 9.47 Å². The van der Waals surface area contributed by atoms with E-state index >= 15 is 0 Å². The molecule has 1 aromatic rings. The van der Waals surface area contributed by atoms with Gasteiger partial charge in [0.15, 0.2) is 5.78 Å². The maximum atomic E-state index is 11.5. The standard InChI is InChI=1S/C12H12O3/c1-2-6-14-9-3-4-10-11(13)5-7-15-12(10)8-9/h2-4,8H,1,5-7H2. The third kappa shape index (κ3) is 2.01. The van der Waals surface area contributed by atoms with Crippen molar-refractivity contribution in [1.82, 2.24) is 0 Å². The van der Waals surface area contributed by atoms with E-state index in [-0.39, 0.29) is 5.78 Å². The summed E-state index contributed by atoms with van der Waals surface area (Å²) in [5.41, 5.74) is 0.646. The smallest absolute Gasteiger partial charge is 0.169 e. The van der Waals surface area contributed by atoms with E-state index in [0.717, 1.165) is 0 Å². The van der Waals surface area contributed by atoms with Gasteiger partial charge in [-0.2, -0.15) is 0 Å². The van der Waals surface area contributed by atoms with E-state index in [1.807, 2.05) is 0 Å². The Morgan fingerprint density at radius 3 is 3.20 bits per heavy atom. The minimum absolute atomic E-state index is 0.131. The summed E-state index contributed by atoms with van der Waals surface area (Å²) in [5, 5.41) is 0. The Morgan fingerprint density at radius 1 is 1.53 bits per heavy atom. The minimum Gasteiger partial charge on any atom is -0.492 e. The molecule has 0 saturated carbocycles. The number of Topliss-reactive ketones (excluding diaryl/α,β-unsaturated/α-hetero) is 1. The van der Waals surface area contributed by atoms with Crippen LogP contribution in [0.25, 0.3) is 0 Å². The highest BCUT2D eigenvalue weighted by Crippen LogP contribution is 2.28. The topological polar surface area (TPSA) is 35.5 Å². The molecule has 3 nitrogen and oxygen atoms in total. The van der Waals surface area contributed by atoms with E-state index in [1.54, 1.807) is 24.3 Å². The molecule has 0 unspecified atom stereocenters. The summed E-state index contributed by atoms with van der Waals surface area (Å²) in [6.45, 7) is 4.47. The van der Waals surface area contributed by atoms with Gasteiger partial charge in [0.05, 0.1) is 12.2 Å². The highest BCUT2D eigenvalue weighted by atomic mass is 16.5. The predicted molar refractivity (Wildman–Crippen MR) is 56.6 cm³/mol. The van der Waals surface area contributed by atoms with Crippen LogP contribution in [0, 0.1) is 0 Å². The number of ketones is 1. The van der Waals surface area contributed by atoms with Crippen LogP contribution in [-0.4, -0.2) is 19.0 Å². The number of carbonyl (C=O) groups is 1. The molecule has 78 valence electrons. The summed E-state index contributed by atoms with van der Waals surface area (Å²) in [6, 6.07) is 5.26. The fourth-order valence-electron chi connectivity index (χ4n) is 1.49. The van der Waals surface area contributed by atoms with Crippen molar-refractivity contribution in [2.24, 2.45) is 0 Å². The lowest BCUT2D eigenvalue weighted by Crippen LogP contribution is -2.15. The molecule has 0 aliphatic carbocycles. The largest absolute Gasteiger partial charge is 0.492 e. The number of hydrogen-bond donors (Lipinski definition) is 0. The van der Waals surface area contributed by atoms with Crippen molar-refractivity contribution in [3.8, 4) is 11.5 Å². The molecule has 0 N–H and O–H groups in total. The molecule has 2 rings (SSSR count). The lowest BCUT2D eigenvalue weighted by Gasteiger charge is -2.16. The molecule has 0 aromatic heterocycles. The molecule has 0 saturated heterocycles. The van der Waals surface area contributed by atoms with Gasteiger partial charge in [0, 0.05) is 12.5 Å². The van der Waals surface area contributed by atoms with Crippen LogP contribution >= 0.6 is 0 Å². The van der Waals surface area contributed by atoms with E-state index < -0.39 is 0 Å². The molecule has 0 radical (unpaired) electrons. The summed E-state index contributed by atoms with van der Waals surface area (Å²) in [7, 11) is 0. The van der Waals surface area contributed by atoms with Crippen LogP contribution in [0.3, 0.4) is 0 Å². The molecule has 1 aliphatic heterocycles. The molecular weight excluding hydrogens is 192 g/mol. The van der Waals surface area contributed by atoms with Gasteiger partial charge in [-0.1, -0.05) is 12.7 Å². The molecule has 0 bridgehead atoms. The fourth-order valence-corrected chi connectivity index (χ4v) is 1.49. The van der Waals surface area contributed by atoms with Crippen molar-refractivity contribution in [1.29, 1.82) is 0 Å². The quantitative estimate of drug-likeness (QED) is 0.708. The van der Waals surface area contributed by atoms with Gasteiger partial charge in [-0.15, -0.1) is 0 Å². The molecule has 0 amide bonds. The first-order chi connectivity index (χ1) is 7.31. The van der Waals surface area contributed by atoms with Gasteiger partial charge in [-0.3, -0.25) is 4.79 Å². The van der Waals surface area contributed by atoms with E-state index in [0.29, 0.717) is 36.7 Å². The van der Waals surface area contributed by atoms with Gasteiger partial charge in [0.1, 0.15) is 18.1 Å². The number of hydrogen-bond acceptors (Lipinski definition) is 3. The summed E-state index contributed by atoms with van der Waals surface area (Å²) >= 11 is 0. The minimum atomic E-state index is 0.131. The lowest BCUT2D eigenvalue weighted by molar-refractivity contribution is 0.0933. The molecule has 0 atom stereocenters. The van der Waals surface area contributed by atoms with Crippen molar-refractivity contribution >= 4 is 5.78 Å². The predicted octanol–water partition coefficient (Wildman–Crippen LogP) is 2.22. The van der Waals surface area contributed by atoms with Gasteiger partial charge in [0.2, 0.25) is 0 Å². The second-order valence-corrected chi connectivity index (χ2v) is 3.28. The van der Waals surface area contributed by atoms with Gasteiger partial charge >= 0.3 is 0 Å². The zero-order valence-corrected chi connectivity index (χ0v) is 8.36. The van der Waals surface area contributed by atoms with Crippen molar-refractivity contribution in [2.75, 3.05) is 13.2 Å². The zero-order valence-electron chi connectivity index (χ0n) is 8.36. The van der Waals surface area contributed by atoms with E-state index in [1.165, 1.54) is 0 Å². The summed E-state index contributed by atoms with van der Waals surface area (Å²) in [6.07, 6.45) is 2.13. The third-order valence-electron chi connectivity index (χ3n) is 2.21. The molecule has 1 aromatic carbocycles. The SMILES string of the molecule is C=CCOc1ccc2c(c1)OCCC2=O. The molecule has 3 heteroatoms. The highest BCUT2D eigenvalue weighted by Gasteiger charge is 2.18. The summed E-state index contributed by atoms with van der Waals surface area (Å²) in [4.78, 5) is 11.5. The average molecular weight is 204 g/mol. The first kappa shape index (κ1) is 9.77. The van der Waals surface area contributed by atoms with Gasteiger partial charge in [0.25, 0.3) is 0 Å². The van der Waals surface area contributed by atoms with Crippen molar-refractivity contribution in [3.05, 3.63) is 36.4 Å². The van der Waals surface area contributed by atoms with Crippen molar-refractivity contribution in [3.63, 3.8) is 0 Å². The van der Waals surface area contributed by atoms with Crippen LogP contribution in [0.2, 0.25) is 0 Å². The highest BCUT2D eigenvalue weighted by molar-refractivity contribution is 5.99. The molecule has 0 spiro atoms. The number of rotatable bonds is 3. The van der Waals surface area contributed by atoms with Crippen LogP contribution in [0.1, 0.15) is 16.8 Å². The lowest BCUT2D eigenvalue weighted by atomic mass is 10.1. The zero-order chi connectivity index (χ0) is 10.7. The third-order valence-corrected chi connectivity index (χ3v) is 2.21. The molecule has 1 heterocycles. The molecule has 0 fully saturated rings.